The Balaban J connectivity index is 0.00000324. The van der Waals surface area contributed by atoms with Gasteiger partial charge in [-0.3, -0.25) is 9.79 Å². The van der Waals surface area contributed by atoms with Crippen LogP contribution in [0.2, 0.25) is 0 Å². The summed E-state index contributed by atoms with van der Waals surface area (Å²) in [6, 6.07) is 10.9. The fourth-order valence-corrected chi connectivity index (χ4v) is 5.07. The molecule has 5 nitrogen and oxygen atoms in total. The zero-order valence-corrected chi connectivity index (χ0v) is 19.4. The molecule has 0 spiro atoms. The normalized spacial score (nSPS) is 22.4. The van der Waals surface area contributed by atoms with Gasteiger partial charge in [-0.05, 0) is 56.0 Å². The van der Waals surface area contributed by atoms with Gasteiger partial charge in [-0.15, -0.1) is 0 Å². The lowest BCUT2D eigenvalue weighted by atomic mass is 9.63. The van der Waals surface area contributed by atoms with Crippen LogP contribution >= 0.6 is 0 Å². The van der Waals surface area contributed by atoms with E-state index in [1.807, 2.05) is 49.6 Å². The molecule has 0 saturated carbocycles. The lowest BCUT2D eigenvalue weighted by Crippen LogP contribution is -2.40. The highest BCUT2D eigenvalue weighted by Crippen LogP contribution is 2.51. The van der Waals surface area contributed by atoms with Crippen molar-refractivity contribution < 1.29 is 9.53 Å². The number of hydrogen-bond donors (Lipinski definition) is 1. The van der Waals surface area contributed by atoms with E-state index in [0.29, 0.717) is 12.2 Å². The maximum absolute atomic E-state index is 12.4. The predicted molar refractivity (Wildman–Crippen MR) is 139 cm³/mol. The molecule has 2 aliphatic carbocycles. The Morgan fingerprint density at radius 1 is 1.26 bits per heavy atom. The van der Waals surface area contributed by atoms with E-state index >= 15 is 0 Å². The van der Waals surface area contributed by atoms with Gasteiger partial charge in [-0.1, -0.05) is 56.4 Å². The van der Waals surface area contributed by atoms with Crippen LogP contribution in [0.5, 0.6) is 0 Å². The largest absolute Gasteiger partial charge is 0.462 e. The van der Waals surface area contributed by atoms with E-state index in [0.717, 1.165) is 36.1 Å². The van der Waals surface area contributed by atoms with Crippen LogP contribution in [0.25, 0.3) is 6.08 Å². The zero-order valence-electron chi connectivity index (χ0n) is 19.4. The van der Waals surface area contributed by atoms with Crippen LogP contribution in [-0.4, -0.2) is 23.8 Å². The number of nitrogens with zero attached hydrogens (tertiary/aromatic N) is 1. The number of nitrogens with one attached hydrogen (secondary N) is 1. The molecule has 178 valence electrons. The quantitative estimate of drug-likeness (QED) is 0.327. The number of esters is 1. The average Bonchev–Trinajstić information content (AvgIpc) is 2.80. The third-order valence-corrected chi connectivity index (χ3v) is 6.35. The lowest BCUT2D eigenvalue weighted by molar-refractivity contribution is 0.0505. The van der Waals surface area contributed by atoms with Gasteiger partial charge in [-0.2, -0.15) is 0 Å². The molecule has 2 atom stereocenters. The minimum Gasteiger partial charge on any atom is -0.462 e. The van der Waals surface area contributed by atoms with Gasteiger partial charge in [0.2, 0.25) is 5.56 Å². The van der Waals surface area contributed by atoms with Gasteiger partial charge in [0.05, 0.1) is 12.2 Å². The summed E-state index contributed by atoms with van der Waals surface area (Å²) in [5.41, 5.74) is 5.31. The number of ether oxygens (including phenoxy) is 1. The molecule has 2 aliphatic rings. The molecule has 0 amide bonds. The van der Waals surface area contributed by atoms with Crippen LogP contribution in [0.4, 0.5) is 0 Å². The van der Waals surface area contributed by atoms with E-state index in [2.05, 4.69) is 31.0 Å². The second-order valence-electron chi connectivity index (χ2n) is 8.68. The molecule has 0 radical (unpaired) electrons. The Morgan fingerprint density at radius 2 is 2.06 bits per heavy atom. The first-order valence-electron chi connectivity index (χ1n) is 11.5. The predicted octanol–water partition coefficient (Wildman–Crippen LogP) is 6.03. The topological polar surface area (TPSA) is 71.5 Å². The maximum Gasteiger partial charge on any atom is 0.338 e. The van der Waals surface area contributed by atoms with Crippen LogP contribution in [-0.2, 0) is 16.7 Å². The van der Waals surface area contributed by atoms with Crippen molar-refractivity contribution in [3.05, 3.63) is 98.5 Å². The summed E-state index contributed by atoms with van der Waals surface area (Å²) in [5, 5.41) is 0. The number of H-pyrrole nitrogens is 1. The van der Waals surface area contributed by atoms with E-state index in [-0.39, 0.29) is 24.9 Å². The number of pyridine rings is 1. The van der Waals surface area contributed by atoms with Gasteiger partial charge in [0.25, 0.3) is 0 Å². The SMILES string of the molecule is C.C/C=C1\C2C=C(C)CC1(N=C/C=C/c1ccccc1C(=O)OCCC)c1ccc(=O)[nH]c1C2. The van der Waals surface area contributed by atoms with Gasteiger partial charge in [0.1, 0.15) is 5.54 Å². The molecule has 5 heteroatoms. The molecule has 2 aromatic rings. The van der Waals surface area contributed by atoms with E-state index in [9.17, 15) is 9.59 Å². The number of allylic oxidation sites excluding steroid dienone is 3. The molecular weight excluding hydrogens is 424 g/mol. The summed E-state index contributed by atoms with van der Waals surface area (Å²) in [6.07, 6.45) is 12.4. The van der Waals surface area contributed by atoms with Crippen LogP contribution < -0.4 is 5.56 Å². The number of aliphatic imine (C=N–C) groups is 1. The van der Waals surface area contributed by atoms with E-state index in [1.165, 1.54) is 11.1 Å². The monoisotopic (exact) mass is 458 g/mol. The lowest BCUT2D eigenvalue weighted by Gasteiger charge is -2.45. The summed E-state index contributed by atoms with van der Waals surface area (Å²) in [5.74, 6) is -0.0885. The maximum atomic E-state index is 12.4. The third-order valence-electron chi connectivity index (χ3n) is 6.35. The Kier molecular flexibility index (Phi) is 7.87. The number of carbonyl (C=O) groups is 1. The summed E-state index contributed by atoms with van der Waals surface area (Å²) in [6.45, 7) is 6.59. The van der Waals surface area contributed by atoms with Crippen LogP contribution in [0, 0.1) is 5.92 Å². The van der Waals surface area contributed by atoms with Gasteiger partial charge < -0.3 is 9.72 Å². The molecule has 1 aromatic carbocycles. The number of carbonyl (C=O) groups excluding carboxylic acids is 1. The van der Waals surface area contributed by atoms with Gasteiger partial charge in [0.15, 0.2) is 0 Å². The molecule has 0 saturated heterocycles. The summed E-state index contributed by atoms with van der Waals surface area (Å²) in [7, 11) is 0. The molecule has 0 aliphatic heterocycles. The molecule has 1 heterocycles. The number of hydrogen-bond acceptors (Lipinski definition) is 4. The Hall–Kier alpha value is -3.47. The fourth-order valence-electron chi connectivity index (χ4n) is 5.07. The van der Waals surface area contributed by atoms with Crippen LogP contribution in [0.1, 0.15) is 68.2 Å². The first kappa shape index (κ1) is 25.2. The molecule has 4 rings (SSSR count). The summed E-state index contributed by atoms with van der Waals surface area (Å²) < 4.78 is 5.31. The van der Waals surface area contributed by atoms with Crippen LogP contribution in [0.15, 0.2) is 75.6 Å². The number of benzene rings is 1. The van der Waals surface area contributed by atoms with Crippen molar-refractivity contribution in [1.82, 2.24) is 4.98 Å². The summed E-state index contributed by atoms with van der Waals surface area (Å²) >= 11 is 0. The van der Waals surface area contributed by atoms with Gasteiger partial charge in [0, 0.05) is 35.9 Å². The zero-order chi connectivity index (χ0) is 23.4. The minimum atomic E-state index is -0.528. The minimum absolute atomic E-state index is 0. The van der Waals surface area contributed by atoms with Crippen molar-refractivity contribution in [3.8, 4) is 0 Å². The molecule has 0 fully saturated rings. The van der Waals surface area contributed by atoms with Crippen molar-refractivity contribution in [3.63, 3.8) is 0 Å². The Morgan fingerprint density at radius 3 is 2.82 bits per heavy atom. The Bertz CT molecular complexity index is 1230. The number of rotatable bonds is 6. The van der Waals surface area contributed by atoms with Crippen molar-refractivity contribution >= 4 is 18.3 Å². The molecule has 1 N–H and O–H groups in total. The first-order valence-corrected chi connectivity index (χ1v) is 11.5. The highest BCUT2D eigenvalue weighted by atomic mass is 16.5. The van der Waals surface area contributed by atoms with Gasteiger partial charge >= 0.3 is 5.97 Å². The molecule has 2 unspecified atom stereocenters. The molecule has 34 heavy (non-hydrogen) atoms. The van der Waals surface area contributed by atoms with Crippen molar-refractivity contribution in [2.24, 2.45) is 10.9 Å². The van der Waals surface area contributed by atoms with E-state index in [1.54, 1.807) is 12.1 Å². The molecular formula is C29H34N2O3. The smallest absolute Gasteiger partial charge is 0.338 e. The Labute approximate surface area is 202 Å². The fraction of sp³-hybridized carbons (Fsp3) is 0.345. The van der Waals surface area contributed by atoms with Gasteiger partial charge in [-0.25, -0.2) is 4.79 Å². The third kappa shape index (κ3) is 4.74. The highest BCUT2D eigenvalue weighted by Gasteiger charge is 2.46. The number of aromatic nitrogens is 1. The first-order chi connectivity index (χ1) is 16.0. The van der Waals surface area contributed by atoms with Crippen LogP contribution in [0.3, 0.4) is 0 Å². The average molecular weight is 459 g/mol. The molecule has 2 bridgehead atoms. The second kappa shape index (κ2) is 10.6. The van der Waals surface area contributed by atoms with E-state index < -0.39 is 5.54 Å². The second-order valence-corrected chi connectivity index (χ2v) is 8.68. The molecule has 1 aromatic heterocycles. The van der Waals surface area contributed by atoms with Crippen molar-refractivity contribution in [1.29, 1.82) is 0 Å². The standard InChI is InChI=1S/C28H30N2O3.CH4/c1-4-15-33-27(32)22-11-7-6-9-20(22)10-8-14-29-28-18-19(3)16-21(23(28)5-2)17-25-24(28)12-13-26(31)30-25;/h5-14,16,21H,4,15,17-18H2,1-3H3,(H,30,31);1H4/b10-8+,23-5+,29-14?;. The highest BCUT2D eigenvalue weighted by molar-refractivity contribution is 5.94. The summed E-state index contributed by atoms with van der Waals surface area (Å²) in [4.78, 5) is 32.5. The van der Waals surface area contributed by atoms with Crippen molar-refractivity contribution in [2.75, 3.05) is 6.61 Å². The number of aromatic amines is 1. The van der Waals surface area contributed by atoms with E-state index in [4.69, 9.17) is 9.73 Å². The number of fused-ring (bicyclic) bond motifs is 4. The van der Waals surface area contributed by atoms with Crippen molar-refractivity contribution in [2.45, 2.75) is 53.0 Å².